The number of aryl methyl sites for hydroxylation is 4. The Morgan fingerprint density at radius 3 is 2.40 bits per heavy atom. The van der Waals surface area contributed by atoms with Gasteiger partial charge in [-0.1, -0.05) is 36.8 Å². The Labute approximate surface area is 125 Å². The summed E-state index contributed by atoms with van der Waals surface area (Å²) in [6, 6.07) is 8.74. The molecule has 1 aromatic heterocycles. The van der Waals surface area contributed by atoms with Crippen molar-refractivity contribution >= 4 is 11.3 Å². The van der Waals surface area contributed by atoms with Crippen LogP contribution in [0, 0.1) is 6.92 Å². The summed E-state index contributed by atoms with van der Waals surface area (Å²) in [5, 5.41) is 14.2. The number of hydrogen-bond donors (Lipinski definition) is 1. The molecular formula is C16H23N3S. The van der Waals surface area contributed by atoms with E-state index < -0.39 is 0 Å². The van der Waals surface area contributed by atoms with E-state index in [4.69, 9.17) is 0 Å². The molecule has 0 atom stereocenters. The van der Waals surface area contributed by atoms with Gasteiger partial charge in [0.2, 0.25) is 0 Å². The van der Waals surface area contributed by atoms with Crippen LogP contribution in [-0.4, -0.2) is 23.3 Å². The van der Waals surface area contributed by atoms with Crippen molar-refractivity contribution in [3.8, 4) is 0 Å². The van der Waals surface area contributed by atoms with Crippen molar-refractivity contribution in [2.75, 3.05) is 13.1 Å². The van der Waals surface area contributed by atoms with Crippen LogP contribution in [0.2, 0.25) is 0 Å². The highest BCUT2D eigenvalue weighted by Gasteiger charge is 2.04. The number of rotatable bonds is 8. The highest BCUT2D eigenvalue weighted by molar-refractivity contribution is 7.11. The summed E-state index contributed by atoms with van der Waals surface area (Å²) in [5.74, 6) is 0. The lowest BCUT2D eigenvalue weighted by atomic mass is 10.1. The molecule has 0 amide bonds. The highest BCUT2D eigenvalue weighted by atomic mass is 32.1. The molecular weight excluding hydrogens is 266 g/mol. The molecule has 0 fully saturated rings. The summed E-state index contributed by atoms with van der Waals surface area (Å²) in [4.78, 5) is 0. The van der Waals surface area contributed by atoms with Crippen molar-refractivity contribution in [2.45, 2.75) is 39.5 Å². The molecule has 0 saturated carbocycles. The maximum atomic E-state index is 4.30. The molecule has 0 unspecified atom stereocenters. The third-order valence-corrected chi connectivity index (χ3v) is 4.29. The third kappa shape index (κ3) is 5.02. The first-order valence-electron chi connectivity index (χ1n) is 7.35. The van der Waals surface area contributed by atoms with E-state index in [2.05, 4.69) is 53.6 Å². The van der Waals surface area contributed by atoms with Gasteiger partial charge in [-0.2, -0.15) is 0 Å². The zero-order valence-corrected chi connectivity index (χ0v) is 13.2. The zero-order chi connectivity index (χ0) is 14.2. The minimum Gasteiger partial charge on any atom is -0.317 e. The van der Waals surface area contributed by atoms with Gasteiger partial charge in [0.05, 0.1) is 0 Å². The Balaban J connectivity index is 1.76. The molecule has 2 rings (SSSR count). The Hall–Kier alpha value is -1.26. The van der Waals surface area contributed by atoms with Crippen molar-refractivity contribution in [1.82, 2.24) is 15.5 Å². The van der Waals surface area contributed by atoms with Gasteiger partial charge < -0.3 is 5.32 Å². The molecule has 1 N–H and O–H groups in total. The Morgan fingerprint density at radius 1 is 1.00 bits per heavy atom. The van der Waals surface area contributed by atoms with E-state index >= 15 is 0 Å². The van der Waals surface area contributed by atoms with Gasteiger partial charge in [-0.25, -0.2) is 0 Å². The quantitative estimate of drug-likeness (QED) is 0.759. The summed E-state index contributed by atoms with van der Waals surface area (Å²) in [6.07, 6.45) is 4.22. The number of benzene rings is 1. The predicted molar refractivity (Wildman–Crippen MR) is 85.4 cm³/mol. The molecule has 2 aromatic rings. The second-order valence-corrected chi connectivity index (χ2v) is 6.18. The van der Waals surface area contributed by atoms with Gasteiger partial charge >= 0.3 is 0 Å². The van der Waals surface area contributed by atoms with Gasteiger partial charge in [-0.05, 0) is 38.4 Å². The Bertz CT molecular complexity index is 505. The minimum absolute atomic E-state index is 0.994. The normalized spacial score (nSPS) is 10.9. The van der Waals surface area contributed by atoms with Crippen molar-refractivity contribution in [2.24, 2.45) is 0 Å². The lowest BCUT2D eigenvalue weighted by Gasteiger charge is -1.99. The summed E-state index contributed by atoms with van der Waals surface area (Å²) >= 11 is 1.76. The molecule has 0 saturated heterocycles. The second-order valence-electron chi connectivity index (χ2n) is 5.03. The van der Waals surface area contributed by atoms with Crippen LogP contribution in [0.4, 0.5) is 0 Å². The molecule has 0 bridgehead atoms. The van der Waals surface area contributed by atoms with Gasteiger partial charge in [0, 0.05) is 12.8 Å². The van der Waals surface area contributed by atoms with Crippen molar-refractivity contribution in [1.29, 1.82) is 0 Å². The maximum Gasteiger partial charge on any atom is 0.117 e. The largest absolute Gasteiger partial charge is 0.317 e. The minimum atomic E-state index is 0.994. The van der Waals surface area contributed by atoms with Crippen LogP contribution in [0.3, 0.4) is 0 Å². The predicted octanol–water partition coefficient (Wildman–Crippen LogP) is 3.17. The van der Waals surface area contributed by atoms with Crippen LogP contribution in [0.5, 0.6) is 0 Å². The van der Waals surface area contributed by atoms with E-state index in [1.807, 2.05) is 0 Å². The fourth-order valence-electron chi connectivity index (χ4n) is 2.04. The number of nitrogens with one attached hydrogen (secondary N) is 1. The van der Waals surface area contributed by atoms with Crippen LogP contribution >= 0.6 is 11.3 Å². The molecule has 1 aromatic carbocycles. The third-order valence-electron chi connectivity index (χ3n) is 3.25. The van der Waals surface area contributed by atoms with E-state index in [0.29, 0.717) is 0 Å². The SMILES string of the molecule is CCNCCCc1nnc(CCc2ccc(C)cc2)s1. The fraction of sp³-hybridized carbons (Fsp3) is 0.500. The molecule has 0 radical (unpaired) electrons. The van der Waals surface area contributed by atoms with Crippen LogP contribution in [-0.2, 0) is 19.3 Å². The van der Waals surface area contributed by atoms with Gasteiger partial charge in [0.25, 0.3) is 0 Å². The standard InChI is InChI=1S/C16H23N3S/c1-3-17-12-4-5-15-18-19-16(20-15)11-10-14-8-6-13(2)7-9-14/h6-9,17H,3-5,10-12H2,1-2H3. The highest BCUT2D eigenvalue weighted by Crippen LogP contribution is 2.14. The lowest BCUT2D eigenvalue weighted by molar-refractivity contribution is 0.668. The van der Waals surface area contributed by atoms with Crippen LogP contribution in [0.1, 0.15) is 34.5 Å². The monoisotopic (exact) mass is 289 g/mol. The molecule has 0 aliphatic heterocycles. The van der Waals surface area contributed by atoms with Crippen molar-refractivity contribution in [3.05, 3.63) is 45.4 Å². The summed E-state index contributed by atoms with van der Waals surface area (Å²) in [5.41, 5.74) is 2.69. The number of nitrogens with zero attached hydrogens (tertiary/aromatic N) is 2. The first kappa shape index (κ1) is 15.1. The fourth-order valence-corrected chi connectivity index (χ4v) is 2.92. The van der Waals surface area contributed by atoms with Crippen LogP contribution < -0.4 is 5.32 Å². The smallest absolute Gasteiger partial charge is 0.117 e. The van der Waals surface area contributed by atoms with E-state index in [-0.39, 0.29) is 0 Å². The first-order chi connectivity index (χ1) is 9.78. The van der Waals surface area contributed by atoms with Gasteiger partial charge in [0.15, 0.2) is 0 Å². The van der Waals surface area contributed by atoms with E-state index in [1.165, 1.54) is 16.1 Å². The molecule has 0 aliphatic carbocycles. The summed E-state index contributed by atoms with van der Waals surface area (Å²) in [6.45, 7) is 6.36. The summed E-state index contributed by atoms with van der Waals surface area (Å²) in [7, 11) is 0. The molecule has 3 nitrogen and oxygen atoms in total. The topological polar surface area (TPSA) is 37.8 Å². The molecule has 0 aliphatic rings. The Kier molecular flexibility index (Phi) is 6.15. The Morgan fingerprint density at radius 2 is 1.70 bits per heavy atom. The van der Waals surface area contributed by atoms with Gasteiger partial charge in [0.1, 0.15) is 10.0 Å². The van der Waals surface area contributed by atoms with E-state index in [9.17, 15) is 0 Å². The van der Waals surface area contributed by atoms with E-state index in [0.717, 1.165) is 43.8 Å². The average molecular weight is 289 g/mol. The number of aromatic nitrogens is 2. The molecule has 0 spiro atoms. The first-order valence-corrected chi connectivity index (χ1v) is 8.17. The van der Waals surface area contributed by atoms with Gasteiger partial charge in [-0.3, -0.25) is 0 Å². The lowest BCUT2D eigenvalue weighted by Crippen LogP contribution is -2.14. The second kappa shape index (κ2) is 8.12. The molecule has 20 heavy (non-hydrogen) atoms. The average Bonchev–Trinajstić information content (AvgIpc) is 2.91. The van der Waals surface area contributed by atoms with Crippen LogP contribution in [0.25, 0.3) is 0 Å². The van der Waals surface area contributed by atoms with E-state index in [1.54, 1.807) is 11.3 Å². The zero-order valence-electron chi connectivity index (χ0n) is 12.4. The van der Waals surface area contributed by atoms with Crippen LogP contribution in [0.15, 0.2) is 24.3 Å². The molecule has 108 valence electrons. The molecule has 1 heterocycles. The maximum absolute atomic E-state index is 4.30. The number of hydrogen-bond acceptors (Lipinski definition) is 4. The van der Waals surface area contributed by atoms with Crippen molar-refractivity contribution < 1.29 is 0 Å². The van der Waals surface area contributed by atoms with Crippen molar-refractivity contribution in [3.63, 3.8) is 0 Å². The molecule has 4 heteroatoms. The van der Waals surface area contributed by atoms with Gasteiger partial charge in [-0.15, -0.1) is 21.5 Å². The summed E-state index contributed by atoms with van der Waals surface area (Å²) < 4.78 is 0.